The van der Waals surface area contributed by atoms with Crippen LogP contribution in [-0.2, 0) is 5.41 Å². The number of benzene rings is 2. The minimum absolute atomic E-state index is 0.434. The molecule has 0 aliphatic carbocycles. The fourth-order valence-corrected chi connectivity index (χ4v) is 2.48. The number of nitrogens with two attached hydrogens (primary N) is 1. The van der Waals surface area contributed by atoms with Gasteiger partial charge < -0.3 is 15.9 Å². The summed E-state index contributed by atoms with van der Waals surface area (Å²) in [6.45, 7) is 0. The summed E-state index contributed by atoms with van der Waals surface area (Å²) in [6.07, 6.45) is -11.5. The van der Waals surface area contributed by atoms with Crippen LogP contribution in [0.5, 0.6) is 11.5 Å². The Labute approximate surface area is 132 Å². The van der Waals surface area contributed by atoms with Gasteiger partial charge in [0, 0.05) is 0 Å². The maximum atomic E-state index is 13.7. The zero-order chi connectivity index (χ0) is 18.3. The van der Waals surface area contributed by atoms with Crippen LogP contribution in [0.3, 0.4) is 0 Å². The molecule has 0 heterocycles. The lowest BCUT2D eigenvalue weighted by Crippen LogP contribution is -2.54. The van der Waals surface area contributed by atoms with E-state index in [0.717, 1.165) is 12.1 Å². The van der Waals surface area contributed by atoms with Gasteiger partial charge in [-0.2, -0.15) is 26.3 Å². The number of phenolic OH excluding ortho intramolecular Hbond substituents is 2. The van der Waals surface area contributed by atoms with E-state index in [-0.39, 0.29) is 0 Å². The lowest BCUT2D eigenvalue weighted by atomic mass is 9.72. The second-order valence-electron chi connectivity index (χ2n) is 5.07. The Kier molecular flexibility index (Phi) is 4.07. The Morgan fingerprint density at radius 3 is 1.58 bits per heavy atom. The van der Waals surface area contributed by atoms with Crippen LogP contribution >= 0.6 is 0 Å². The van der Waals surface area contributed by atoms with E-state index in [1.807, 2.05) is 0 Å². The van der Waals surface area contributed by atoms with Crippen molar-refractivity contribution in [2.24, 2.45) is 0 Å². The number of halogens is 6. The summed E-state index contributed by atoms with van der Waals surface area (Å²) in [7, 11) is 0. The lowest BCUT2D eigenvalue weighted by molar-refractivity contribution is -0.288. The molecule has 2 aromatic rings. The first-order valence-corrected chi connectivity index (χ1v) is 6.43. The predicted molar refractivity (Wildman–Crippen MR) is 73.5 cm³/mol. The number of anilines is 1. The van der Waals surface area contributed by atoms with Gasteiger partial charge in [0.05, 0.1) is 5.69 Å². The first-order valence-electron chi connectivity index (χ1n) is 6.43. The fraction of sp³-hybridized carbons (Fsp3) is 0.200. The topological polar surface area (TPSA) is 66.5 Å². The number of hydrogen-bond acceptors (Lipinski definition) is 3. The SMILES string of the molecule is Nc1cc(C(c2ccc(O)cc2)(C(F)(F)F)C(F)(F)F)ccc1O. The third-order valence-electron chi connectivity index (χ3n) is 3.61. The monoisotopic (exact) mass is 351 g/mol. The van der Waals surface area contributed by atoms with Crippen molar-refractivity contribution < 1.29 is 36.6 Å². The molecule has 0 radical (unpaired) electrons. The molecule has 9 heteroatoms. The smallest absolute Gasteiger partial charge is 0.411 e. The molecule has 0 aliphatic rings. The minimum atomic E-state index is -5.76. The molecule has 0 atom stereocenters. The molecule has 2 aromatic carbocycles. The molecule has 0 amide bonds. The molecular weight excluding hydrogens is 340 g/mol. The molecule has 130 valence electrons. The molecule has 24 heavy (non-hydrogen) atoms. The maximum Gasteiger partial charge on any atom is 0.411 e. The molecule has 2 rings (SSSR count). The van der Waals surface area contributed by atoms with Crippen molar-refractivity contribution in [2.75, 3.05) is 5.73 Å². The van der Waals surface area contributed by atoms with Crippen molar-refractivity contribution in [3.8, 4) is 11.5 Å². The predicted octanol–water partition coefficient (Wildman–Crippen LogP) is 4.09. The lowest BCUT2D eigenvalue weighted by Gasteiger charge is -2.38. The van der Waals surface area contributed by atoms with Gasteiger partial charge in [0.25, 0.3) is 0 Å². The minimum Gasteiger partial charge on any atom is -0.508 e. The standard InChI is InChI=1S/C15H11F6NO2/c16-14(17,18)13(15(19,20)21,8-1-4-10(23)5-2-8)9-3-6-12(24)11(22)7-9/h1-7,23-24H,22H2. The van der Waals surface area contributed by atoms with Crippen LogP contribution in [0, 0.1) is 0 Å². The quantitative estimate of drug-likeness (QED) is 0.434. The molecule has 0 aliphatic heterocycles. The Morgan fingerprint density at radius 1 is 0.708 bits per heavy atom. The number of aromatic hydroxyl groups is 2. The molecule has 0 bridgehead atoms. The van der Waals surface area contributed by atoms with Gasteiger partial charge in [-0.15, -0.1) is 0 Å². The first kappa shape index (κ1) is 17.8. The van der Waals surface area contributed by atoms with Crippen LogP contribution in [0.25, 0.3) is 0 Å². The highest BCUT2D eigenvalue weighted by Crippen LogP contribution is 2.56. The van der Waals surface area contributed by atoms with E-state index in [0.29, 0.717) is 30.3 Å². The van der Waals surface area contributed by atoms with Gasteiger partial charge in [0.15, 0.2) is 0 Å². The Morgan fingerprint density at radius 2 is 1.17 bits per heavy atom. The van der Waals surface area contributed by atoms with E-state index in [2.05, 4.69) is 0 Å². The van der Waals surface area contributed by atoms with Crippen LogP contribution in [-0.4, -0.2) is 22.6 Å². The van der Waals surface area contributed by atoms with Crippen molar-refractivity contribution in [2.45, 2.75) is 17.8 Å². The van der Waals surface area contributed by atoms with Crippen LogP contribution in [0.1, 0.15) is 11.1 Å². The Hall–Kier alpha value is -2.58. The molecule has 0 saturated heterocycles. The van der Waals surface area contributed by atoms with E-state index in [4.69, 9.17) is 10.8 Å². The average Bonchev–Trinajstić information content (AvgIpc) is 2.42. The van der Waals surface area contributed by atoms with Gasteiger partial charge in [-0.1, -0.05) is 18.2 Å². The zero-order valence-electron chi connectivity index (χ0n) is 11.8. The summed E-state index contributed by atoms with van der Waals surface area (Å²) >= 11 is 0. The number of rotatable bonds is 2. The van der Waals surface area contributed by atoms with Crippen LogP contribution in [0.4, 0.5) is 32.0 Å². The fourth-order valence-electron chi connectivity index (χ4n) is 2.48. The van der Waals surface area contributed by atoms with Gasteiger partial charge in [-0.3, -0.25) is 0 Å². The van der Waals surface area contributed by atoms with E-state index >= 15 is 0 Å². The van der Waals surface area contributed by atoms with E-state index < -0.39 is 46.1 Å². The third-order valence-corrected chi connectivity index (χ3v) is 3.61. The van der Waals surface area contributed by atoms with Crippen LogP contribution in [0.15, 0.2) is 42.5 Å². The highest BCUT2D eigenvalue weighted by molar-refractivity contribution is 5.57. The van der Waals surface area contributed by atoms with Crippen molar-refractivity contribution in [3.05, 3.63) is 53.6 Å². The zero-order valence-corrected chi connectivity index (χ0v) is 11.8. The van der Waals surface area contributed by atoms with Gasteiger partial charge in [-0.25, -0.2) is 0 Å². The van der Waals surface area contributed by atoms with E-state index in [9.17, 15) is 31.4 Å². The van der Waals surface area contributed by atoms with Crippen molar-refractivity contribution in [1.29, 1.82) is 0 Å². The molecular formula is C15H11F6NO2. The highest BCUT2D eigenvalue weighted by Gasteiger charge is 2.72. The van der Waals surface area contributed by atoms with E-state index in [1.54, 1.807) is 0 Å². The average molecular weight is 351 g/mol. The number of hydrogen-bond donors (Lipinski definition) is 3. The molecule has 3 nitrogen and oxygen atoms in total. The summed E-state index contributed by atoms with van der Waals surface area (Å²) < 4.78 is 82.1. The molecule has 0 unspecified atom stereocenters. The molecule has 0 fully saturated rings. The summed E-state index contributed by atoms with van der Waals surface area (Å²) in [5.74, 6) is -1.12. The molecule has 0 saturated carbocycles. The van der Waals surface area contributed by atoms with Crippen molar-refractivity contribution in [1.82, 2.24) is 0 Å². The summed E-state index contributed by atoms with van der Waals surface area (Å²) in [4.78, 5) is 0. The second-order valence-corrected chi connectivity index (χ2v) is 5.07. The van der Waals surface area contributed by atoms with Crippen LogP contribution < -0.4 is 5.73 Å². The van der Waals surface area contributed by atoms with Gasteiger partial charge in [0.1, 0.15) is 11.5 Å². The Bertz CT molecular complexity index is 723. The second kappa shape index (κ2) is 5.50. The number of phenols is 2. The molecule has 0 spiro atoms. The van der Waals surface area contributed by atoms with Crippen molar-refractivity contribution in [3.63, 3.8) is 0 Å². The summed E-state index contributed by atoms with van der Waals surface area (Å²) in [5.41, 5.74) is -2.03. The largest absolute Gasteiger partial charge is 0.508 e. The van der Waals surface area contributed by atoms with Crippen molar-refractivity contribution >= 4 is 5.69 Å². The number of nitrogen functional groups attached to an aromatic ring is 1. The molecule has 4 N–H and O–H groups in total. The summed E-state index contributed by atoms with van der Waals surface area (Å²) in [6, 6.07) is 4.15. The first-order chi connectivity index (χ1) is 10.9. The van der Waals surface area contributed by atoms with Gasteiger partial charge >= 0.3 is 12.4 Å². The normalized spacial score (nSPS) is 13.1. The van der Waals surface area contributed by atoms with Gasteiger partial charge in [0.2, 0.25) is 5.41 Å². The number of alkyl halides is 6. The summed E-state index contributed by atoms with van der Waals surface area (Å²) in [5, 5.41) is 18.5. The van der Waals surface area contributed by atoms with Gasteiger partial charge in [-0.05, 0) is 35.4 Å². The maximum absolute atomic E-state index is 13.7. The van der Waals surface area contributed by atoms with E-state index in [1.165, 1.54) is 0 Å². The third kappa shape index (κ3) is 2.59. The highest BCUT2D eigenvalue weighted by atomic mass is 19.4. The molecule has 0 aromatic heterocycles. The van der Waals surface area contributed by atoms with Crippen LogP contribution in [0.2, 0.25) is 0 Å². The Balaban J connectivity index is 2.91.